The Bertz CT molecular complexity index is 535. The van der Waals surface area contributed by atoms with Crippen LogP contribution in [0.5, 0.6) is 0 Å². The van der Waals surface area contributed by atoms with Gasteiger partial charge in [-0.2, -0.15) is 0 Å². The molecule has 88 valence electrons. The Balaban J connectivity index is 2.03. The van der Waals surface area contributed by atoms with Gasteiger partial charge in [0.2, 0.25) is 0 Å². The van der Waals surface area contributed by atoms with Gasteiger partial charge in [0.1, 0.15) is 0 Å². The highest BCUT2D eigenvalue weighted by Gasteiger charge is 2.11. The summed E-state index contributed by atoms with van der Waals surface area (Å²) in [4.78, 5) is 6.62. The van der Waals surface area contributed by atoms with Crippen LogP contribution in [-0.4, -0.2) is 31.3 Å². The Kier molecular flexibility index (Phi) is 2.57. The quantitative estimate of drug-likeness (QED) is 0.808. The number of nitrogens with two attached hydrogens (primary N) is 1. The maximum Gasteiger partial charge on any atom is 0.0724 e. The molecular weight excluding hydrogens is 214 g/mol. The molecule has 17 heavy (non-hydrogen) atoms. The van der Waals surface area contributed by atoms with E-state index in [2.05, 4.69) is 22.0 Å². The van der Waals surface area contributed by atoms with E-state index < -0.39 is 0 Å². The predicted molar refractivity (Wildman–Crippen MR) is 69.2 cm³/mol. The van der Waals surface area contributed by atoms with Crippen molar-refractivity contribution < 1.29 is 4.74 Å². The zero-order valence-electron chi connectivity index (χ0n) is 9.60. The second-order valence-corrected chi connectivity index (χ2v) is 4.20. The van der Waals surface area contributed by atoms with Crippen LogP contribution in [0.3, 0.4) is 0 Å². The predicted octanol–water partition coefficient (Wildman–Crippen LogP) is 1.65. The van der Waals surface area contributed by atoms with Crippen molar-refractivity contribution in [1.82, 2.24) is 4.98 Å². The molecule has 0 aliphatic carbocycles. The van der Waals surface area contributed by atoms with Gasteiger partial charge < -0.3 is 15.4 Å². The van der Waals surface area contributed by atoms with Gasteiger partial charge in [-0.1, -0.05) is 0 Å². The zero-order valence-corrected chi connectivity index (χ0v) is 9.60. The summed E-state index contributed by atoms with van der Waals surface area (Å²) in [5, 5.41) is 1.02. The van der Waals surface area contributed by atoms with Crippen LogP contribution >= 0.6 is 0 Å². The summed E-state index contributed by atoms with van der Waals surface area (Å²) >= 11 is 0. The number of fused-ring (bicyclic) bond motifs is 1. The summed E-state index contributed by atoms with van der Waals surface area (Å²) in [5.41, 5.74) is 8.90. The number of hydrogen-bond acceptors (Lipinski definition) is 4. The second-order valence-electron chi connectivity index (χ2n) is 4.20. The molecule has 1 fully saturated rings. The van der Waals surface area contributed by atoms with Gasteiger partial charge in [-0.3, -0.25) is 4.98 Å². The smallest absolute Gasteiger partial charge is 0.0724 e. The van der Waals surface area contributed by atoms with E-state index in [-0.39, 0.29) is 0 Å². The number of ether oxygens (including phenoxy) is 1. The van der Waals surface area contributed by atoms with Gasteiger partial charge >= 0.3 is 0 Å². The monoisotopic (exact) mass is 229 g/mol. The van der Waals surface area contributed by atoms with Crippen LogP contribution in [-0.2, 0) is 4.74 Å². The second kappa shape index (κ2) is 4.22. The molecule has 2 N–H and O–H groups in total. The number of anilines is 2. The molecule has 0 saturated carbocycles. The van der Waals surface area contributed by atoms with Crippen LogP contribution in [0.1, 0.15) is 0 Å². The summed E-state index contributed by atoms with van der Waals surface area (Å²) in [6.45, 7) is 3.46. The molecule has 0 spiro atoms. The fourth-order valence-corrected chi connectivity index (χ4v) is 2.17. The highest BCUT2D eigenvalue weighted by Crippen LogP contribution is 2.25. The molecule has 1 aromatic carbocycles. The number of nitrogens with zero attached hydrogens (tertiary/aromatic N) is 2. The molecule has 4 nitrogen and oxygen atoms in total. The lowest BCUT2D eigenvalue weighted by Gasteiger charge is -2.29. The van der Waals surface area contributed by atoms with Gasteiger partial charge in [0.05, 0.1) is 18.7 Å². The fraction of sp³-hybridized carbons (Fsp3) is 0.308. The summed E-state index contributed by atoms with van der Waals surface area (Å²) in [5.74, 6) is 0. The Morgan fingerprint density at radius 2 is 2.00 bits per heavy atom. The van der Waals surface area contributed by atoms with Crippen LogP contribution in [0.25, 0.3) is 10.9 Å². The molecule has 1 aliphatic rings. The minimum absolute atomic E-state index is 0.783. The van der Waals surface area contributed by atoms with E-state index in [9.17, 15) is 0 Å². The van der Waals surface area contributed by atoms with Crippen molar-refractivity contribution >= 4 is 22.3 Å². The van der Waals surface area contributed by atoms with E-state index in [0.717, 1.165) is 42.9 Å². The standard InChI is InChI=1S/C13H15N3O/c14-12-3-4-15-13-2-1-10(9-11(12)13)16-5-7-17-8-6-16/h1-4,9H,5-8H2,(H2,14,15). The highest BCUT2D eigenvalue weighted by atomic mass is 16.5. The van der Waals surface area contributed by atoms with Crippen LogP contribution in [0, 0.1) is 0 Å². The third-order valence-corrected chi connectivity index (χ3v) is 3.14. The third-order valence-electron chi connectivity index (χ3n) is 3.14. The molecule has 1 aliphatic heterocycles. The number of benzene rings is 1. The lowest BCUT2D eigenvalue weighted by Crippen LogP contribution is -2.36. The summed E-state index contributed by atoms with van der Waals surface area (Å²) in [7, 11) is 0. The molecule has 0 amide bonds. The Hall–Kier alpha value is -1.81. The van der Waals surface area contributed by atoms with Gasteiger partial charge in [-0.05, 0) is 24.3 Å². The Morgan fingerprint density at radius 3 is 2.82 bits per heavy atom. The number of aromatic nitrogens is 1. The molecule has 0 bridgehead atoms. The first-order valence-corrected chi connectivity index (χ1v) is 5.81. The van der Waals surface area contributed by atoms with Crippen molar-refractivity contribution in [2.24, 2.45) is 0 Å². The van der Waals surface area contributed by atoms with E-state index in [4.69, 9.17) is 10.5 Å². The Morgan fingerprint density at radius 1 is 1.18 bits per heavy atom. The van der Waals surface area contributed by atoms with E-state index in [0.29, 0.717) is 0 Å². The lowest BCUT2D eigenvalue weighted by molar-refractivity contribution is 0.122. The number of morpholine rings is 1. The summed E-state index contributed by atoms with van der Waals surface area (Å²) in [6.07, 6.45) is 1.74. The molecular formula is C13H15N3O. The van der Waals surface area contributed by atoms with Crippen LogP contribution in [0.15, 0.2) is 30.5 Å². The van der Waals surface area contributed by atoms with Gasteiger partial charge in [0, 0.05) is 36.0 Å². The molecule has 0 unspecified atom stereocenters. The number of hydrogen-bond donors (Lipinski definition) is 1. The van der Waals surface area contributed by atoms with Gasteiger partial charge in [0.25, 0.3) is 0 Å². The van der Waals surface area contributed by atoms with Gasteiger partial charge in [-0.25, -0.2) is 0 Å². The summed E-state index contributed by atoms with van der Waals surface area (Å²) in [6, 6.07) is 8.07. The molecule has 3 rings (SSSR count). The van der Waals surface area contributed by atoms with Crippen LogP contribution in [0.2, 0.25) is 0 Å². The van der Waals surface area contributed by atoms with Crippen LogP contribution < -0.4 is 10.6 Å². The van der Waals surface area contributed by atoms with Crippen molar-refractivity contribution in [1.29, 1.82) is 0 Å². The van der Waals surface area contributed by atoms with Crippen molar-refractivity contribution in [3.05, 3.63) is 30.5 Å². The van der Waals surface area contributed by atoms with Gasteiger partial charge in [-0.15, -0.1) is 0 Å². The average molecular weight is 229 g/mol. The molecule has 2 heterocycles. The largest absolute Gasteiger partial charge is 0.398 e. The molecule has 1 saturated heterocycles. The zero-order chi connectivity index (χ0) is 11.7. The highest BCUT2D eigenvalue weighted by molar-refractivity contribution is 5.92. The van der Waals surface area contributed by atoms with Gasteiger partial charge in [0.15, 0.2) is 0 Å². The first-order valence-electron chi connectivity index (χ1n) is 5.81. The first kappa shape index (κ1) is 10.4. The average Bonchev–Trinajstić information content (AvgIpc) is 2.40. The first-order chi connectivity index (χ1) is 8.34. The number of nitrogen functional groups attached to an aromatic ring is 1. The molecule has 0 radical (unpaired) electrons. The maximum atomic E-state index is 5.97. The Labute approximate surface area is 100.0 Å². The molecule has 0 atom stereocenters. The van der Waals surface area contributed by atoms with Crippen LogP contribution in [0.4, 0.5) is 11.4 Å². The maximum absolute atomic E-state index is 5.97. The molecule has 1 aromatic heterocycles. The molecule has 2 aromatic rings. The van der Waals surface area contributed by atoms with E-state index >= 15 is 0 Å². The SMILES string of the molecule is Nc1ccnc2ccc(N3CCOCC3)cc12. The topological polar surface area (TPSA) is 51.4 Å². The summed E-state index contributed by atoms with van der Waals surface area (Å²) < 4.78 is 5.35. The van der Waals surface area contributed by atoms with Crippen molar-refractivity contribution in [3.8, 4) is 0 Å². The van der Waals surface area contributed by atoms with E-state index in [1.165, 1.54) is 5.69 Å². The fourth-order valence-electron chi connectivity index (χ4n) is 2.17. The van der Waals surface area contributed by atoms with Crippen molar-refractivity contribution in [3.63, 3.8) is 0 Å². The molecule has 4 heteroatoms. The minimum Gasteiger partial charge on any atom is -0.398 e. The lowest BCUT2D eigenvalue weighted by atomic mass is 10.1. The normalized spacial score (nSPS) is 16.4. The minimum atomic E-state index is 0.783. The van der Waals surface area contributed by atoms with E-state index in [1.54, 1.807) is 6.20 Å². The van der Waals surface area contributed by atoms with Crippen molar-refractivity contribution in [2.45, 2.75) is 0 Å². The third kappa shape index (κ3) is 1.91. The van der Waals surface area contributed by atoms with E-state index in [1.807, 2.05) is 12.1 Å². The number of pyridine rings is 1. The number of rotatable bonds is 1. The van der Waals surface area contributed by atoms with Crippen molar-refractivity contribution in [2.75, 3.05) is 36.9 Å².